The van der Waals surface area contributed by atoms with Crippen LogP contribution in [0, 0.1) is 13.8 Å². The Morgan fingerprint density at radius 1 is 1.35 bits per heavy atom. The lowest BCUT2D eigenvalue weighted by Gasteiger charge is -2.26. The molecule has 0 aliphatic carbocycles. The van der Waals surface area contributed by atoms with Crippen LogP contribution in [0.2, 0.25) is 0 Å². The number of hydrogen-bond acceptors (Lipinski definition) is 3. The minimum atomic E-state index is -0.0121. The summed E-state index contributed by atoms with van der Waals surface area (Å²) in [6.07, 6.45) is 0.325. The van der Waals surface area contributed by atoms with Crippen molar-refractivity contribution < 1.29 is 14.6 Å². The van der Waals surface area contributed by atoms with Crippen LogP contribution in [0.25, 0.3) is 0 Å². The number of carbonyl (C=O) groups excluding carboxylic acids is 1. The number of ether oxygens (including phenoxy) is 1. The highest BCUT2D eigenvalue weighted by Gasteiger charge is 2.16. The van der Waals surface area contributed by atoms with Gasteiger partial charge in [-0.15, -0.1) is 0 Å². The van der Waals surface area contributed by atoms with Crippen LogP contribution >= 0.6 is 0 Å². The molecule has 0 radical (unpaired) electrons. The highest BCUT2D eigenvalue weighted by Crippen LogP contribution is 2.18. The molecule has 0 unspecified atom stereocenters. The zero-order valence-electron chi connectivity index (χ0n) is 12.8. The van der Waals surface area contributed by atoms with E-state index in [-0.39, 0.29) is 18.6 Å². The molecule has 0 spiro atoms. The van der Waals surface area contributed by atoms with Gasteiger partial charge in [0.05, 0.1) is 19.6 Å². The Labute approximate surface area is 121 Å². The maximum atomic E-state index is 12.0. The molecule has 1 N–H and O–H groups in total. The van der Waals surface area contributed by atoms with Crippen LogP contribution in [0.4, 0.5) is 0 Å². The standard InChI is InChI=1S/C16H25NO3/c1-12(2)17(8-9-18)16(19)7-10-20-15-6-5-13(3)11-14(15)4/h5-6,11-12,18H,7-10H2,1-4H3. The molecule has 1 aromatic carbocycles. The molecule has 4 heteroatoms. The molecule has 0 aliphatic rings. The van der Waals surface area contributed by atoms with Crippen molar-refractivity contribution in [2.24, 2.45) is 0 Å². The van der Waals surface area contributed by atoms with Crippen molar-refractivity contribution in [1.29, 1.82) is 0 Å². The topological polar surface area (TPSA) is 49.8 Å². The second-order valence-corrected chi connectivity index (χ2v) is 5.27. The van der Waals surface area contributed by atoms with E-state index in [2.05, 4.69) is 6.07 Å². The fraction of sp³-hybridized carbons (Fsp3) is 0.562. The summed E-state index contributed by atoms with van der Waals surface area (Å²) in [6, 6.07) is 6.08. The molecule has 1 amide bonds. The summed E-state index contributed by atoms with van der Waals surface area (Å²) in [5.41, 5.74) is 2.27. The molecule has 112 valence electrons. The van der Waals surface area contributed by atoms with Crippen LogP contribution in [0.5, 0.6) is 5.75 Å². The Bertz CT molecular complexity index is 443. The van der Waals surface area contributed by atoms with Gasteiger partial charge in [0.15, 0.2) is 0 Å². The van der Waals surface area contributed by atoms with Gasteiger partial charge in [0, 0.05) is 12.6 Å². The lowest BCUT2D eigenvalue weighted by Crippen LogP contribution is -2.39. The number of aliphatic hydroxyl groups is 1. The molecule has 0 fully saturated rings. The van der Waals surface area contributed by atoms with Crippen molar-refractivity contribution in [3.8, 4) is 5.75 Å². The highest BCUT2D eigenvalue weighted by atomic mass is 16.5. The third kappa shape index (κ3) is 4.85. The molecule has 0 heterocycles. The molecular formula is C16H25NO3. The second kappa shape index (κ2) is 7.90. The van der Waals surface area contributed by atoms with Gasteiger partial charge in [-0.2, -0.15) is 0 Å². The number of nitrogens with zero attached hydrogens (tertiary/aromatic N) is 1. The number of hydrogen-bond donors (Lipinski definition) is 1. The van der Waals surface area contributed by atoms with Gasteiger partial charge < -0.3 is 14.7 Å². The summed E-state index contributed by atoms with van der Waals surface area (Å²) in [5.74, 6) is 0.834. The Balaban J connectivity index is 2.48. The summed E-state index contributed by atoms with van der Waals surface area (Å²) < 4.78 is 5.66. The molecule has 0 aromatic heterocycles. The lowest BCUT2D eigenvalue weighted by molar-refractivity contribution is -0.133. The maximum Gasteiger partial charge on any atom is 0.226 e. The number of aryl methyl sites for hydroxylation is 2. The quantitative estimate of drug-likeness (QED) is 0.833. The van der Waals surface area contributed by atoms with Crippen LogP contribution < -0.4 is 4.74 Å². The molecule has 0 saturated heterocycles. The molecule has 4 nitrogen and oxygen atoms in total. The van der Waals surface area contributed by atoms with Crippen molar-refractivity contribution in [2.45, 2.75) is 40.2 Å². The average Bonchev–Trinajstić information content (AvgIpc) is 2.38. The van der Waals surface area contributed by atoms with Crippen molar-refractivity contribution in [2.75, 3.05) is 19.8 Å². The Hall–Kier alpha value is -1.55. The van der Waals surface area contributed by atoms with Crippen molar-refractivity contribution in [3.63, 3.8) is 0 Å². The minimum Gasteiger partial charge on any atom is -0.493 e. The van der Waals surface area contributed by atoms with E-state index < -0.39 is 0 Å². The number of amides is 1. The summed E-state index contributed by atoms with van der Waals surface area (Å²) >= 11 is 0. The molecular weight excluding hydrogens is 254 g/mol. The van der Waals surface area contributed by atoms with Gasteiger partial charge in [-0.3, -0.25) is 4.79 Å². The number of carbonyl (C=O) groups is 1. The predicted octanol–water partition coefficient (Wildman–Crippen LogP) is 2.30. The SMILES string of the molecule is Cc1ccc(OCCC(=O)N(CCO)C(C)C)c(C)c1. The van der Waals surface area contributed by atoms with E-state index in [0.29, 0.717) is 19.6 Å². The van der Waals surface area contributed by atoms with E-state index in [4.69, 9.17) is 9.84 Å². The van der Waals surface area contributed by atoms with E-state index in [1.807, 2.05) is 39.8 Å². The molecule has 1 rings (SSSR count). The third-order valence-corrected chi connectivity index (χ3v) is 3.19. The zero-order valence-corrected chi connectivity index (χ0v) is 12.8. The van der Waals surface area contributed by atoms with Gasteiger partial charge in [0.2, 0.25) is 5.91 Å². The average molecular weight is 279 g/mol. The zero-order chi connectivity index (χ0) is 15.1. The van der Waals surface area contributed by atoms with Crippen molar-refractivity contribution in [3.05, 3.63) is 29.3 Å². The number of rotatable bonds is 7. The van der Waals surface area contributed by atoms with Gasteiger partial charge in [-0.05, 0) is 39.3 Å². The number of benzene rings is 1. The third-order valence-electron chi connectivity index (χ3n) is 3.19. The first-order chi connectivity index (χ1) is 9.45. The van der Waals surface area contributed by atoms with Crippen molar-refractivity contribution >= 4 is 5.91 Å². The Morgan fingerprint density at radius 3 is 2.60 bits per heavy atom. The minimum absolute atomic E-state index is 0.0121. The van der Waals surface area contributed by atoms with Gasteiger partial charge in [0.25, 0.3) is 0 Å². The normalized spacial score (nSPS) is 10.7. The largest absolute Gasteiger partial charge is 0.493 e. The lowest BCUT2D eigenvalue weighted by atomic mass is 10.1. The van der Waals surface area contributed by atoms with Crippen molar-refractivity contribution in [1.82, 2.24) is 4.90 Å². The monoisotopic (exact) mass is 279 g/mol. The summed E-state index contributed by atoms with van der Waals surface area (Å²) in [6.45, 7) is 8.64. The first-order valence-electron chi connectivity index (χ1n) is 7.06. The van der Waals surface area contributed by atoms with Gasteiger partial charge in [0.1, 0.15) is 5.75 Å². The fourth-order valence-electron chi connectivity index (χ4n) is 2.13. The van der Waals surface area contributed by atoms with Crippen LogP contribution in [-0.2, 0) is 4.79 Å². The van der Waals surface area contributed by atoms with Gasteiger partial charge >= 0.3 is 0 Å². The maximum absolute atomic E-state index is 12.0. The predicted molar refractivity (Wildman–Crippen MR) is 80.0 cm³/mol. The summed E-state index contributed by atoms with van der Waals surface area (Å²) in [5, 5.41) is 8.98. The number of aliphatic hydroxyl groups excluding tert-OH is 1. The van der Waals surface area contributed by atoms with Crippen LogP contribution in [0.3, 0.4) is 0 Å². The van der Waals surface area contributed by atoms with E-state index in [0.717, 1.165) is 11.3 Å². The van der Waals surface area contributed by atoms with E-state index in [1.165, 1.54) is 5.56 Å². The first-order valence-corrected chi connectivity index (χ1v) is 7.06. The summed E-state index contributed by atoms with van der Waals surface area (Å²) in [7, 11) is 0. The Morgan fingerprint density at radius 2 is 2.05 bits per heavy atom. The molecule has 20 heavy (non-hydrogen) atoms. The van der Waals surface area contributed by atoms with E-state index in [9.17, 15) is 4.79 Å². The van der Waals surface area contributed by atoms with Crippen LogP contribution in [0.15, 0.2) is 18.2 Å². The van der Waals surface area contributed by atoms with E-state index >= 15 is 0 Å². The molecule has 0 saturated carbocycles. The molecule has 0 bridgehead atoms. The second-order valence-electron chi connectivity index (χ2n) is 5.27. The molecule has 0 aliphatic heterocycles. The Kier molecular flexibility index (Phi) is 6.52. The van der Waals surface area contributed by atoms with Crippen LogP contribution in [-0.4, -0.2) is 41.7 Å². The van der Waals surface area contributed by atoms with Gasteiger partial charge in [-0.1, -0.05) is 17.7 Å². The fourth-order valence-corrected chi connectivity index (χ4v) is 2.13. The van der Waals surface area contributed by atoms with Gasteiger partial charge in [-0.25, -0.2) is 0 Å². The van der Waals surface area contributed by atoms with Crippen LogP contribution in [0.1, 0.15) is 31.4 Å². The smallest absolute Gasteiger partial charge is 0.226 e. The highest BCUT2D eigenvalue weighted by molar-refractivity contribution is 5.76. The summed E-state index contributed by atoms with van der Waals surface area (Å²) in [4.78, 5) is 13.7. The first kappa shape index (κ1) is 16.5. The van der Waals surface area contributed by atoms with E-state index in [1.54, 1.807) is 4.90 Å². The molecule has 1 aromatic rings. The molecule has 0 atom stereocenters.